The highest BCUT2D eigenvalue weighted by Gasteiger charge is 2.33. The molecule has 11 heteroatoms. The third-order valence-electron chi connectivity index (χ3n) is 5.20. The van der Waals surface area contributed by atoms with Crippen molar-refractivity contribution >= 4 is 30.4 Å². The van der Waals surface area contributed by atoms with Crippen LogP contribution in [0.4, 0.5) is 24.9 Å². The number of pyridine rings is 1. The van der Waals surface area contributed by atoms with Gasteiger partial charge in [0.1, 0.15) is 5.82 Å². The first kappa shape index (κ1) is 26.0. The minimum Gasteiger partial charge on any atom is -0.396 e. The number of hydrogen-bond donors (Lipinski definition) is 3. The summed E-state index contributed by atoms with van der Waals surface area (Å²) in [5, 5.41) is 19.6. The molecule has 0 aliphatic heterocycles. The molecule has 0 amide bonds. The second-order valence-electron chi connectivity index (χ2n) is 7.49. The van der Waals surface area contributed by atoms with Crippen LogP contribution >= 0.6 is 0 Å². The van der Waals surface area contributed by atoms with Crippen LogP contribution in [0.3, 0.4) is 0 Å². The lowest BCUT2D eigenvalue weighted by molar-refractivity contribution is -0.137. The van der Waals surface area contributed by atoms with E-state index in [1.807, 2.05) is 6.92 Å². The Morgan fingerprint density at radius 3 is 2.67 bits per heavy atom. The molecule has 3 N–H and O–H groups in total. The van der Waals surface area contributed by atoms with Gasteiger partial charge >= 0.3 is 6.18 Å². The molecule has 0 bridgehead atoms. The predicted molar refractivity (Wildman–Crippen MR) is 123 cm³/mol. The van der Waals surface area contributed by atoms with Gasteiger partial charge < -0.3 is 15.7 Å². The van der Waals surface area contributed by atoms with E-state index in [4.69, 9.17) is 0 Å². The summed E-state index contributed by atoms with van der Waals surface area (Å²) < 4.78 is 40.9. The summed E-state index contributed by atoms with van der Waals surface area (Å²) in [6, 6.07) is 1.94. The van der Waals surface area contributed by atoms with Crippen LogP contribution in [0.5, 0.6) is 0 Å². The SMILES string of the molecule is C=N/C=C(C=O)\C=C/C.CNc1nc2cc(C(F)(F)F)cc(NC3CCCCC3CO)n2n1. The van der Waals surface area contributed by atoms with Gasteiger partial charge in [-0.15, -0.1) is 5.10 Å². The number of alkyl halides is 3. The van der Waals surface area contributed by atoms with Crippen molar-refractivity contribution in [1.82, 2.24) is 14.6 Å². The first-order valence-corrected chi connectivity index (χ1v) is 10.5. The van der Waals surface area contributed by atoms with E-state index in [1.54, 1.807) is 19.2 Å². The summed E-state index contributed by atoms with van der Waals surface area (Å²) >= 11 is 0. The van der Waals surface area contributed by atoms with Crippen molar-refractivity contribution in [2.45, 2.75) is 44.8 Å². The summed E-state index contributed by atoms with van der Waals surface area (Å²) in [7, 11) is 1.61. The lowest BCUT2D eigenvalue weighted by Crippen LogP contribution is -2.35. The van der Waals surface area contributed by atoms with E-state index in [0.29, 0.717) is 5.57 Å². The largest absolute Gasteiger partial charge is 0.416 e. The average molecular weight is 467 g/mol. The smallest absolute Gasteiger partial charge is 0.396 e. The molecule has 3 rings (SSSR count). The lowest BCUT2D eigenvalue weighted by atomic mass is 9.85. The van der Waals surface area contributed by atoms with E-state index in [1.165, 1.54) is 10.7 Å². The first-order chi connectivity index (χ1) is 15.8. The topological polar surface area (TPSA) is 104 Å². The first-order valence-electron chi connectivity index (χ1n) is 10.5. The molecule has 0 spiro atoms. The molecular weight excluding hydrogens is 437 g/mol. The highest BCUT2D eigenvalue weighted by atomic mass is 19.4. The summed E-state index contributed by atoms with van der Waals surface area (Å²) in [5.41, 5.74) is -0.121. The van der Waals surface area contributed by atoms with Gasteiger partial charge in [0.25, 0.3) is 0 Å². The van der Waals surface area contributed by atoms with Crippen LogP contribution < -0.4 is 10.6 Å². The van der Waals surface area contributed by atoms with Gasteiger partial charge in [0.15, 0.2) is 11.9 Å². The van der Waals surface area contributed by atoms with Crippen LogP contribution in [0.25, 0.3) is 5.65 Å². The minimum atomic E-state index is -4.47. The third-order valence-corrected chi connectivity index (χ3v) is 5.20. The van der Waals surface area contributed by atoms with Gasteiger partial charge in [-0.1, -0.05) is 25.0 Å². The van der Waals surface area contributed by atoms with Crippen molar-refractivity contribution in [3.05, 3.63) is 41.6 Å². The van der Waals surface area contributed by atoms with Gasteiger partial charge in [-0.3, -0.25) is 9.79 Å². The molecule has 2 unspecified atom stereocenters. The normalized spacial score (nSPS) is 19.2. The molecule has 0 saturated heterocycles. The number of allylic oxidation sites excluding steroid dienone is 3. The number of aliphatic imine (C=N–C) groups is 1. The van der Waals surface area contributed by atoms with E-state index in [9.17, 15) is 23.1 Å². The monoisotopic (exact) mass is 466 g/mol. The Bertz CT molecular complexity index is 1000. The number of nitrogens with one attached hydrogen (secondary N) is 2. The van der Waals surface area contributed by atoms with Gasteiger partial charge in [-0.2, -0.15) is 22.7 Å². The van der Waals surface area contributed by atoms with Crippen molar-refractivity contribution in [3.8, 4) is 0 Å². The Hall–Kier alpha value is -3.21. The van der Waals surface area contributed by atoms with Crippen LogP contribution in [-0.2, 0) is 11.0 Å². The molecule has 2 heterocycles. The molecule has 180 valence electrons. The van der Waals surface area contributed by atoms with Gasteiger partial charge in [0.2, 0.25) is 5.95 Å². The van der Waals surface area contributed by atoms with Crippen molar-refractivity contribution in [2.75, 3.05) is 24.3 Å². The number of carbonyl (C=O) groups is 1. The van der Waals surface area contributed by atoms with E-state index in [-0.39, 0.29) is 36.0 Å². The van der Waals surface area contributed by atoms with Crippen molar-refractivity contribution in [3.63, 3.8) is 0 Å². The maximum absolute atomic E-state index is 13.2. The van der Waals surface area contributed by atoms with Gasteiger partial charge in [-0.25, -0.2) is 0 Å². The fraction of sp³-hybridized carbons (Fsp3) is 0.455. The van der Waals surface area contributed by atoms with Crippen molar-refractivity contribution in [1.29, 1.82) is 0 Å². The molecule has 2 aromatic heterocycles. The number of anilines is 2. The Balaban J connectivity index is 0.000000365. The second kappa shape index (κ2) is 12.1. The van der Waals surface area contributed by atoms with E-state index < -0.39 is 11.7 Å². The van der Waals surface area contributed by atoms with Crippen LogP contribution in [0.15, 0.2) is 41.1 Å². The number of aliphatic hydroxyl groups excluding tert-OH is 1. The number of fused-ring (bicyclic) bond motifs is 1. The van der Waals surface area contributed by atoms with Crippen LogP contribution in [-0.4, -0.2) is 52.4 Å². The number of halogens is 3. The minimum absolute atomic E-state index is 0.0128. The van der Waals surface area contributed by atoms with Gasteiger partial charge in [0, 0.05) is 37.4 Å². The Morgan fingerprint density at radius 1 is 1.36 bits per heavy atom. The fourth-order valence-electron chi connectivity index (χ4n) is 3.57. The summed E-state index contributed by atoms with van der Waals surface area (Å²) in [5.74, 6) is 0.509. The van der Waals surface area contributed by atoms with Crippen LogP contribution in [0.2, 0.25) is 0 Å². The third kappa shape index (κ3) is 7.14. The standard InChI is InChI=1S/C15H20F3N5O.C7H9NO/c1-19-14-21-13-7-10(15(16,17)18)6-12(23(13)22-14)20-11-5-3-2-4-9(11)8-24;1-3-4-7(6-9)5-8-2/h6-7,9,11,20,24H,2-5,8H2,1H3,(H,19,22);3-6H,2H2,1H3/b;4-3-,7-5+. The summed E-state index contributed by atoms with van der Waals surface area (Å²) in [6.07, 6.45) is 4.78. The average Bonchev–Trinajstić information content (AvgIpc) is 3.23. The number of carbonyl (C=O) groups excluding carboxylic acids is 1. The van der Waals surface area contributed by atoms with E-state index in [0.717, 1.165) is 44.1 Å². The molecular formula is C22H29F3N6O2. The maximum atomic E-state index is 13.2. The highest BCUT2D eigenvalue weighted by molar-refractivity contribution is 5.77. The summed E-state index contributed by atoms with van der Waals surface area (Å²) in [6.45, 7) is 5.06. The van der Waals surface area contributed by atoms with Crippen molar-refractivity contribution in [2.24, 2.45) is 10.9 Å². The van der Waals surface area contributed by atoms with E-state index >= 15 is 0 Å². The Morgan fingerprint density at radius 2 is 2.09 bits per heavy atom. The van der Waals surface area contributed by atoms with Gasteiger partial charge in [0.05, 0.1) is 5.56 Å². The zero-order valence-electron chi connectivity index (χ0n) is 18.6. The molecule has 33 heavy (non-hydrogen) atoms. The molecule has 8 nitrogen and oxygen atoms in total. The number of aromatic nitrogens is 3. The molecule has 2 aromatic rings. The molecule has 1 aliphatic carbocycles. The van der Waals surface area contributed by atoms with Crippen molar-refractivity contribution < 1.29 is 23.1 Å². The van der Waals surface area contributed by atoms with Crippen LogP contribution in [0.1, 0.15) is 38.2 Å². The molecule has 1 saturated carbocycles. The zero-order valence-corrected chi connectivity index (χ0v) is 18.6. The molecule has 2 atom stereocenters. The molecule has 0 aromatic carbocycles. The predicted octanol–water partition coefficient (Wildman–Crippen LogP) is 4.10. The Kier molecular flexibility index (Phi) is 9.58. The highest BCUT2D eigenvalue weighted by Crippen LogP contribution is 2.33. The fourth-order valence-corrected chi connectivity index (χ4v) is 3.57. The number of aldehydes is 1. The van der Waals surface area contributed by atoms with Gasteiger partial charge in [-0.05, 0) is 38.6 Å². The molecule has 1 fully saturated rings. The van der Waals surface area contributed by atoms with Crippen LogP contribution in [0, 0.1) is 5.92 Å². The molecule has 0 radical (unpaired) electrons. The number of hydrogen-bond acceptors (Lipinski definition) is 7. The van der Waals surface area contributed by atoms with E-state index in [2.05, 4.69) is 32.4 Å². The maximum Gasteiger partial charge on any atom is 0.416 e. The summed E-state index contributed by atoms with van der Waals surface area (Å²) in [4.78, 5) is 17.6. The lowest BCUT2D eigenvalue weighted by Gasteiger charge is -2.31. The quantitative estimate of drug-likeness (QED) is 0.246. The second-order valence-corrected chi connectivity index (χ2v) is 7.49. The number of nitrogens with zero attached hydrogens (tertiary/aromatic N) is 4. The molecule has 1 aliphatic rings. The number of rotatable bonds is 7. The zero-order chi connectivity index (χ0) is 24.4. The number of aliphatic hydroxyl groups is 1. The Labute approximate surface area is 190 Å².